The number of hydrogen-bond acceptors (Lipinski definition) is 4. The second kappa shape index (κ2) is 8.40. The molecule has 0 saturated carbocycles. The smallest absolute Gasteiger partial charge is 0.269 e. The third-order valence-corrected chi connectivity index (χ3v) is 7.43. The van der Waals surface area contributed by atoms with E-state index in [2.05, 4.69) is 47.8 Å². The Morgan fingerprint density at radius 1 is 1.25 bits per heavy atom. The van der Waals surface area contributed by atoms with Gasteiger partial charge in [0.1, 0.15) is 5.69 Å². The molecule has 0 radical (unpaired) electrons. The lowest BCUT2D eigenvalue weighted by atomic mass is 9.61. The average molecular weight is 387 g/mol. The molecule has 3 rings (SSSR count). The lowest BCUT2D eigenvalue weighted by molar-refractivity contribution is -0.0291. The Kier molecular flexibility index (Phi) is 6.33. The van der Waals surface area contributed by atoms with Crippen molar-refractivity contribution in [1.82, 2.24) is 15.2 Å². The molecule has 2 saturated heterocycles. The lowest BCUT2D eigenvalue weighted by Crippen LogP contribution is -2.55. The van der Waals surface area contributed by atoms with Crippen LogP contribution in [-0.4, -0.2) is 55.1 Å². The van der Waals surface area contributed by atoms with E-state index in [4.69, 9.17) is 0 Å². The summed E-state index contributed by atoms with van der Waals surface area (Å²) in [6, 6.07) is 4.55. The zero-order valence-corrected chi connectivity index (χ0v) is 18.4. The SMILES string of the molecule is CC[C@@]1(C(C)(C)C)CCCN(C2CCN(c3ccc(C(=O)NC)nc3)CC2)C1. The predicted octanol–water partition coefficient (Wildman–Crippen LogP) is 3.95. The van der Waals surface area contributed by atoms with Crippen LogP contribution in [0.1, 0.15) is 70.3 Å². The molecule has 28 heavy (non-hydrogen) atoms. The van der Waals surface area contributed by atoms with Gasteiger partial charge in [-0.15, -0.1) is 0 Å². The van der Waals surface area contributed by atoms with Crippen molar-refractivity contribution in [1.29, 1.82) is 0 Å². The number of rotatable bonds is 4. The molecule has 1 atom stereocenters. The quantitative estimate of drug-likeness (QED) is 0.851. The highest BCUT2D eigenvalue weighted by Crippen LogP contribution is 2.48. The molecule has 0 aliphatic carbocycles. The van der Waals surface area contributed by atoms with E-state index in [0.29, 0.717) is 22.6 Å². The van der Waals surface area contributed by atoms with Crippen molar-refractivity contribution >= 4 is 11.6 Å². The van der Waals surface area contributed by atoms with E-state index in [0.717, 1.165) is 18.8 Å². The van der Waals surface area contributed by atoms with Gasteiger partial charge in [-0.25, -0.2) is 4.98 Å². The molecular weight excluding hydrogens is 348 g/mol. The first kappa shape index (κ1) is 21.1. The molecule has 0 spiro atoms. The average Bonchev–Trinajstić information content (AvgIpc) is 2.72. The van der Waals surface area contributed by atoms with E-state index in [1.165, 1.54) is 45.2 Å². The number of nitrogens with one attached hydrogen (secondary N) is 1. The van der Waals surface area contributed by atoms with Gasteiger partial charge in [-0.2, -0.15) is 0 Å². The fraction of sp³-hybridized carbons (Fsp3) is 0.739. The zero-order chi connectivity index (χ0) is 20.4. The number of likely N-dealkylation sites (tertiary alicyclic amines) is 1. The number of piperidine rings is 2. The molecule has 3 heterocycles. The van der Waals surface area contributed by atoms with Crippen molar-refractivity contribution in [2.24, 2.45) is 10.8 Å². The van der Waals surface area contributed by atoms with Crippen LogP contribution in [0.25, 0.3) is 0 Å². The van der Waals surface area contributed by atoms with Gasteiger partial charge in [0.05, 0.1) is 11.9 Å². The van der Waals surface area contributed by atoms with Crippen molar-refractivity contribution < 1.29 is 4.79 Å². The summed E-state index contributed by atoms with van der Waals surface area (Å²) in [7, 11) is 1.64. The Bertz CT molecular complexity index is 658. The Balaban J connectivity index is 1.60. The van der Waals surface area contributed by atoms with Gasteiger partial charge in [0.2, 0.25) is 0 Å². The van der Waals surface area contributed by atoms with E-state index in [1.54, 1.807) is 7.05 Å². The highest BCUT2D eigenvalue weighted by atomic mass is 16.1. The summed E-state index contributed by atoms with van der Waals surface area (Å²) >= 11 is 0. The summed E-state index contributed by atoms with van der Waals surface area (Å²) in [5.41, 5.74) is 2.41. The van der Waals surface area contributed by atoms with Gasteiger partial charge in [-0.1, -0.05) is 27.7 Å². The van der Waals surface area contributed by atoms with Crippen LogP contribution in [-0.2, 0) is 0 Å². The molecule has 1 amide bonds. The molecule has 2 aliphatic rings. The summed E-state index contributed by atoms with van der Waals surface area (Å²) in [5, 5.41) is 2.62. The molecule has 2 fully saturated rings. The predicted molar refractivity (Wildman–Crippen MR) is 116 cm³/mol. The fourth-order valence-corrected chi connectivity index (χ4v) is 5.23. The van der Waals surface area contributed by atoms with Crippen LogP contribution in [0.5, 0.6) is 0 Å². The Morgan fingerprint density at radius 3 is 2.50 bits per heavy atom. The molecule has 1 aromatic rings. The van der Waals surface area contributed by atoms with Gasteiger partial charge in [-0.3, -0.25) is 9.69 Å². The molecule has 1 N–H and O–H groups in total. The summed E-state index contributed by atoms with van der Waals surface area (Å²) < 4.78 is 0. The van der Waals surface area contributed by atoms with Crippen molar-refractivity contribution in [2.75, 3.05) is 38.1 Å². The van der Waals surface area contributed by atoms with Crippen LogP contribution in [0.2, 0.25) is 0 Å². The Morgan fingerprint density at radius 2 is 1.96 bits per heavy atom. The summed E-state index contributed by atoms with van der Waals surface area (Å²) in [4.78, 5) is 21.2. The highest BCUT2D eigenvalue weighted by Gasteiger charge is 2.44. The number of aromatic nitrogens is 1. The monoisotopic (exact) mass is 386 g/mol. The van der Waals surface area contributed by atoms with Crippen molar-refractivity contribution in [3.63, 3.8) is 0 Å². The maximum absolute atomic E-state index is 11.7. The fourth-order valence-electron chi connectivity index (χ4n) is 5.23. The van der Waals surface area contributed by atoms with Crippen LogP contribution in [0, 0.1) is 10.8 Å². The number of carbonyl (C=O) groups excluding carboxylic acids is 1. The third-order valence-electron chi connectivity index (χ3n) is 7.43. The second-order valence-electron chi connectivity index (χ2n) is 9.66. The molecular formula is C23H38N4O. The van der Waals surface area contributed by atoms with Crippen LogP contribution in [0.3, 0.4) is 0 Å². The van der Waals surface area contributed by atoms with Crippen LogP contribution in [0.4, 0.5) is 5.69 Å². The Hall–Kier alpha value is -1.62. The summed E-state index contributed by atoms with van der Waals surface area (Å²) in [6.45, 7) is 14.3. The normalized spacial score (nSPS) is 25.0. The molecule has 0 bridgehead atoms. The molecule has 0 aromatic carbocycles. The number of hydrogen-bond donors (Lipinski definition) is 1. The highest BCUT2D eigenvalue weighted by molar-refractivity contribution is 5.92. The van der Waals surface area contributed by atoms with Gasteiger partial charge in [0.15, 0.2) is 0 Å². The number of pyridine rings is 1. The van der Waals surface area contributed by atoms with E-state index >= 15 is 0 Å². The number of amides is 1. The van der Waals surface area contributed by atoms with Crippen molar-refractivity contribution in [3.05, 3.63) is 24.0 Å². The first-order valence-electron chi connectivity index (χ1n) is 11.0. The minimum atomic E-state index is -0.131. The molecule has 1 aromatic heterocycles. The minimum absolute atomic E-state index is 0.131. The van der Waals surface area contributed by atoms with Gasteiger partial charge < -0.3 is 10.2 Å². The van der Waals surface area contributed by atoms with Crippen molar-refractivity contribution in [2.45, 2.75) is 65.8 Å². The summed E-state index contributed by atoms with van der Waals surface area (Å²) in [5.74, 6) is -0.131. The van der Waals surface area contributed by atoms with E-state index in [1.807, 2.05) is 18.3 Å². The minimum Gasteiger partial charge on any atom is -0.370 e. The molecule has 5 nitrogen and oxygen atoms in total. The first-order chi connectivity index (χ1) is 13.3. The van der Waals surface area contributed by atoms with Crippen LogP contribution in [0.15, 0.2) is 18.3 Å². The number of carbonyl (C=O) groups is 1. The number of anilines is 1. The van der Waals surface area contributed by atoms with Gasteiger partial charge >= 0.3 is 0 Å². The molecule has 5 heteroatoms. The van der Waals surface area contributed by atoms with Crippen LogP contribution >= 0.6 is 0 Å². The first-order valence-corrected chi connectivity index (χ1v) is 11.0. The molecule has 0 unspecified atom stereocenters. The number of nitrogens with zero attached hydrogens (tertiary/aromatic N) is 3. The Labute approximate surface area is 170 Å². The van der Waals surface area contributed by atoms with E-state index in [-0.39, 0.29) is 5.91 Å². The largest absolute Gasteiger partial charge is 0.370 e. The maximum atomic E-state index is 11.7. The second-order valence-corrected chi connectivity index (χ2v) is 9.66. The molecule has 2 aliphatic heterocycles. The van der Waals surface area contributed by atoms with Gasteiger partial charge in [0, 0.05) is 32.7 Å². The van der Waals surface area contributed by atoms with E-state index < -0.39 is 0 Å². The third kappa shape index (κ3) is 4.19. The lowest BCUT2D eigenvalue weighted by Gasteiger charge is -2.53. The van der Waals surface area contributed by atoms with Crippen LogP contribution < -0.4 is 10.2 Å². The standard InChI is InChI=1S/C23H38N4O/c1-6-23(22(2,3)4)12-7-13-27(17-23)18-10-14-26(15-11-18)19-8-9-20(25-16-19)21(28)24-5/h8-9,16,18H,6-7,10-15,17H2,1-5H3,(H,24,28)/t23-/m1/s1. The van der Waals surface area contributed by atoms with Gasteiger partial charge in [-0.05, 0) is 61.6 Å². The van der Waals surface area contributed by atoms with Crippen molar-refractivity contribution in [3.8, 4) is 0 Å². The maximum Gasteiger partial charge on any atom is 0.269 e. The topological polar surface area (TPSA) is 48.5 Å². The van der Waals surface area contributed by atoms with E-state index in [9.17, 15) is 4.79 Å². The molecule has 156 valence electrons. The van der Waals surface area contributed by atoms with Gasteiger partial charge in [0.25, 0.3) is 5.91 Å². The zero-order valence-electron chi connectivity index (χ0n) is 18.4. The summed E-state index contributed by atoms with van der Waals surface area (Å²) in [6.07, 6.45) is 8.23.